The fraction of sp³-hybridized carbons (Fsp3) is 0.455. The van der Waals surface area contributed by atoms with E-state index in [0.717, 1.165) is 11.8 Å². The molecule has 6 heteroatoms. The van der Waals surface area contributed by atoms with Crippen LogP contribution in [0.3, 0.4) is 0 Å². The molecule has 94 valence electrons. The molecule has 1 atom stereocenters. The van der Waals surface area contributed by atoms with Crippen LogP contribution in [0.5, 0.6) is 0 Å². The Kier molecular flexibility index (Phi) is 3.01. The third-order valence-electron chi connectivity index (χ3n) is 3.00. The molecule has 1 aromatic carbocycles. The first-order valence-corrected chi connectivity index (χ1v) is 5.17. The van der Waals surface area contributed by atoms with Gasteiger partial charge in [-0.1, -0.05) is 0 Å². The fourth-order valence-electron chi connectivity index (χ4n) is 2.19. The van der Waals surface area contributed by atoms with Crippen LogP contribution in [0.25, 0.3) is 0 Å². The SMILES string of the molecule is CN1CC(CON)c2cc(C(F)(F)F)ccc21. The van der Waals surface area contributed by atoms with Crippen molar-refractivity contribution in [2.75, 3.05) is 25.1 Å². The van der Waals surface area contributed by atoms with Gasteiger partial charge in [-0.05, 0) is 23.8 Å². The van der Waals surface area contributed by atoms with Gasteiger partial charge in [-0.3, -0.25) is 0 Å². The Morgan fingerprint density at radius 2 is 2.18 bits per heavy atom. The Labute approximate surface area is 96.9 Å². The molecule has 1 aliphatic rings. The van der Waals surface area contributed by atoms with Crippen LogP contribution in [-0.2, 0) is 11.0 Å². The van der Waals surface area contributed by atoms with Crippen molar-refractivity contribution in [3.8, 4) is 0 Å². The Bertz CT molecular complexity index is 420. The molecule has 1 heterocycles. The van der Waals surface area contributed by atoms with Crippen LogP contribution in [-0.4, -0.2) is 20.2 Å². The quantitative estimate of drug-likeness (QED) is 0.812. The number of anilines is 1. The van der Waals surface area contributed by atoms with Crippen LogP contribution in [0, 0.1) is 0 Å². The van der Waals surface area contributed by atoms with Gasteiger partial charge in [0, 0.05) is 25.2 Å². The van der Waals surface area contributed by atoms with Crippen LogP contribution in [0.4, 0.5) is 18.9 Å². The first-order valence-electron chi connectivity index (χ1n) is 5.17. The van der Waals surface area contributed by atoms with Gasteiger partial charge in [0.05, 0.1) is 12.2 Å². The number of halogens is 3. The Morgan fingerprint density at radius 1 is 1.47 bits per heavy atom. The lowest BCUT2D eigenvalue weighted by Crippen LogP contribution is -2.19. The van der Waals surface area contributed by atoms with E-state index in [4.69, 9.17) is 5.90 Å². The molecular formula is C11H13F3N2O. The average molecular weight is 246 g/mol. The summed E-state index contributed by atoms with van der Waals surface area (Å²) in [7, 11) is 1.84. The molecule has 2 rings (SSSR count). The zero-order valence-electron chi connectivity index (χ0n) is 9.29. The van der Waals surface area contributed by atoms with Gasteiger partial charge < -0.3 is 9.74 Å². The molecular weight excluding hydrogens is 233 g/mol. The lowest BCUT2D eigenvalue weighted by Gasteiger charge is -2.13. The number of rotatable bonds is 2. The van der Waals surface area contributed by atoms with Gasteiger partial charge in [-0.25, -0.2) is 5.90 Å². The summed E-state index contributed by atoms with van der Waals surface area (Å²) >= 11 is 0. The van der Waals surface area contributed by atoms with Crippen molar-refractivity contribution in [3.05, 3.63) is 29.3 Å². The van der Waals surface area contributed by atoms with Crippen molar-refractivity contribution in [1.29, 1.82) is 0 Å². The van der Waals surface area contributed by atoms with Crippen LogP contribution >= 0.6 is 0 Å². The largest absolute Gasteiger partial charge is 0.416 e. The van der Waals surface area contributed by atoms with Gasteiger partial charge in [0.15, 0.2) is 0 Å². The second-order valence-corrected chi connectivity index (χ2v) is 4.18. The van der Waals surface area contributed by atoms with E-state index in [0.29, 0.717) is 12.1 Å². The molecule has 0 bridgehead atoms. The summed E-state index contributed by atoms with van der Waals surface area (Å²) in [5.74, 6) is 4.89. The average Bonchev–Trinajstić information content (AvgIpc) is 2.55. The zero-order valence-corrected chi connectivity index (χ0v) is 9.29. The molecule has 0 radical (unpaired) electrons. The number of fused-ring (bicyclic) bond motifs is 1. The van der Waals surface area contributed by atoms with Gasteiger partial charge in [0.2, 0.25) is 0 Å². The van der Waals surface area contributed by atoms with E-state index in [-0.39, 0.29) is 12.5 Å². The molecule has 3 nitrogen and oxygen atoms in total. The van der Waals surface area contributed by atoms with Crippen LogP contribution in [0.2, 0.25) is 0 Å². The smallest absolute Gasteiger partial charge is 0.374 e. The lowest BCUT2D eigenvalue weighted by molar-refractivity contribution is -0.137. The number of hydrogen-bond donors (Lipinski definition) is 1. The number of hydrogen-bond acceptors (Lipinski definition) is 3. The summed E-state index contributed by atoms with van der Waals surface area (Å²) in [6, 6.07) is 3.78. The highest BCUT2D eigenvalue weighted by molar-refractivity contribution is 5.61. The summed E-state index contributed by atoms with van der Waals surface area (Å²) in [6.07, 6.45) is -4.32. The normalized spacial score (nSPS) is 19.6. The predicted molar refractivity (Wildman–Crippen MR) is 57.6 cm³/mol. The molecule has 0 amide bonds. The van der Waals surface area contributed by atoms with E-state index in [1.807, 2.05) is 11.9 Å². The molecule has 2 N–H and O–H groups in total. The van der Waals surface area contributed by atoms with Gasteiger partial charge in [0.25, 0.3) is 0 Å². The summed E-state index contributed by atoms with van der Waals surface area (Å²) in [6.45, 7) is 0.840. The highest BCUT2D eigenvalue weighted by Crippen LogP contribution is 2.39. The minimum atomic E-state index is -4.32. The summed E-state index contributed by atoms with van der Waals surface area (Å²) in [4.78, 5) is 6.45. The summed E-state index contributed by atoms with van der Waals surface area (Å²) in [5, 5.41) is 0. The van der Waals surface area contributed by atoms with E-state index in [1.165, 1.54) is 12.1 Å². The second-order valence-electron chi connectivity index (χ2n) is 4.18. The first kappa shape index (κ1) is 12.2. The van der Waals surface area contributed by atoms with Crippen molar-refractivity contribution in [3.63, 3.8) is 0 Å². The molecule has 0 aliphatic carbocycles. The number of likely N-dealkylation sites (N-methyl/N-ethyl adjacent to an activating group) is 1. The Balaban J connectivity index is 2.40. The van der Waals surface area contributed by atoms with Crippen LogP contribution in [0.1, 0.15) is 17.0 Å². The van der Waals surface area contributed by atoms with Crippen molar-refractivity contribution in [2.24, 2.45) is 5.90 Å². The fourth-order valence-corrected chi connectivity index (χ4v) is 2.19. The molecule has 0 saturated carbocycles. The van der Waals surface area contributed by atoms with Crippen molar-refractivity contribution >= 4 is 5.69 Å². The lowest BCUT2D eigenvalue weighted by atomic mass is 10.00. The topological polar surface area (TPSA) is 38.5 Å². The Hall–Kier alpha value is -1.27. The highest BCUT2D eigenvalue weighted by atomic mass is 19.4. The number of benzene rings is 1. The van der Waals surface area contributed by atoms with Crippen molar-refractivity contribution < 1.29 is 18.0 Å². The van der Waals surface area contributed by atoms with E-state index >= 15 is 0 Å². The number of nitrogens with zero attached hydrogens (tertiary/aromatic N) is 1. The summed E-state index contributed by atoms with van der Waals surface area (Å²) in [5.41, 5.74) is 0.821. The van der Waals surface area contributed by atoms with Gasteiger partial charge in [0.1, 0.15) is 0 Å². The maximum atomic E-state index is 12.6. The summed E-state index contributed by atoms with van der Waals surface area (Å²) < 4.78 is 37.8. The van der Waals surface area contributed by atoms with Crippen LogP contribution in [0.15, 0.2) is 18.2 Å². The van der Waals surface area contributed by atoms with E-state index in [1.54, 1.807) is 0 Å². The molecule has 0 spiro atoms. The third kappa shape index (κ3) is 2.23. The monoisotopic (exact) mass is 246 g/mol. The molecule has 1 unspecified atom stereocenters. The molecule has 1 aromatic rings. The van der Waals surface area contributed by atoms with E-state index in [9.17, 15) is 13.2 Å². The van der Waals surface area contributed by atoms with Crippen molar-refractivity contribution in [1.82, 2.24) is 0 Å². The van der Waals surface area contributed by atoms with E-state index < -0.39 is 11.7 Å². The third-order valence-corrected chi connectivity index (χ3v) is 3.00. The molecule has 17 heavy (non-hydrogen) atoms. The highest BCUT2D eigenvalue weighted by Gasteiger charge is 2.34. The standard InChI is InChI=1S/C11H13F3N2O/c1-16-5-7(6-17-15)9-4-8(11(12,13)14)2-3-10(9)16/h2-4,7H,5-6,15H2,1H3. The van der Waals surface area contributed by atoms with Gasteiger partial charge >= 0.3 is 6.18 Å². The molecule has 0 saturated heterocycles. The predicted octanol–water partition coefficient (Wildman–Crippen LogP) is 2.13. The van der Waals surface area contributed by atoms with E-state index in [2.05, 4.69) is 4.84 Å². The second kappa shape index (κ2) is 4.19. The number of alkyl halides is 3. The Morgan fingerprint density at radius 3 is 2.76 bits per heavy atom. The maximum Gasteiger partial charge on any atom is 0.416 e. The van der Waals surface area contributed by atoms with Crippen LogP contribution < -0.4 is 10.8 Å². The minimum Gasteiger partial charge on any atom is -0.374 e. The molecule has 0 aromatic heterocycles. The molecule has 1 aliphatic heterocycles. The van der Waals surface area contributed by atoms with Crippen molar-refractivity contribution in [2.45, 2.75) is 12.1 Å². The van der Waals surface area contributed by atoms with Gasteiger partial charge in [-0.2, -0.15) is 13.2 Å². The number of nitrogens with two attached hydrogens (primary N) is 1. The first-order chi connectivity index (χ1) is 7.93. The minimum absolute atomic E-state index is 0.109. The maximum absolute atomic E-state index is 12.6. The zero-order chi connectivity index (χ0) is 12.6. The van der Waals surface area contributed by atoms with Gasteiger partial charge in [-0.15, -0.1) is 0 Å². The molecule has 0 fully saturated rings.